The minimum Gasteiger partial charge on any atom is -0.494 e. The van der Waals surface area contributed by atoms with Crippen LogP contribution >= 0.6 is 0 Å². The molecule has 1 aliphatic heterocycles. The predicted molar refractivity (Wildman–Crippen MR) is 143 cm³/mol. The molecule has 3 heterocycles. The molecule has 0 saturated heterocycles. The van der Waals surface area contributed by atoms with Crippen LogP contribution in [0.4, 0.5) is 5.69 Å². The van der Waals surface area contributed by atoms with E-state index in [9.17, 15) is 9.59 Å². The maximum atomic E-state index is 12.5. The summed E-state index contributed by atoms with van der Waals surface area (Å²) in [5.41, 5.74) is 5.23. The highest BCUT2D eigenvalue weighted by Gasteiger charge is 2.15. The first-order chi connectivity index (χ1) is 18.1. The van der Waals surface area contributed by atoms with Gasteiger partial charge in [0.05, 0.1) is 19.4 Å². The highest BCUT2D eigenvalue weighted by molar-refractivity contribution is 5.97. The van der Waals surface area contributed by atoms with Crippen LogP contribution in [0.15, 0.2) is 59.4 Å². The summed E-state index contributed by atoms with van der Waals surface area (Å²) in [5.74, 6) is 1.56. The third-order valence-corrected chi connectivity index (χ3v) is 6.61. The van der Waals surface area contributed by atoms with Crippen LogP contribution in [0.2, 0.25) is 0 Å². The van der Waals surface area contributed by atoms with Crippen LogP contribution in [0.5, 0.6) is 11.5 Å². The molecule has 0 spiro atoms. The number of aromatic nitrogens is 3. The van der Waals surface area contributed by atoms with E-state index in [1.807, 2.05) is 42.5 Å². The Morgan fingerprint density at radius 3 is 2.73 bits per heavy atom. The molecule has 37 heavy (non-hydrogen) atoms. The summed E-state index contributed by atoms with van der Waals surface area (Å²) in [4.78, 5) is 28.8. The SMILES string of the molecule is CCc1ccc2c(-c3ccc(=O)n(CCCCOc4ccc5c(c4)CCC(=O)N5)n3)ccc(OC)c2n1. The Morgan fingerprint density at radius 1 is 1.00 bits per heavy atom. The van der Waals surface area contributed by atoms with E-state index in [0.29, 0.717) is 25.3 Å². The summed E-state index contributed by atoms with van der Waals surface area (Å²) in [7, 11) is 1.64. The molecule has 0 bridgehead atoms. The van der Waals surface area contributed by atoms with E-state index in [1.165, 1.54) is 4.68 Å². The van der Waals surface area contributed by atoms with Crippen molar-refractivity contribution in [2.75, 3.05) is 19.0 Å². The highest BCUT2D eigenvalue weighted by atomic mass is 16.5. The number of nitrogens with zero attached hydrogens (tertiary/aromatic N) is 3. The average molecular weight is 499 g/mol. The third-order valence-electron chi connectivity index (χ3n) is 6.61. The number of benzene rings is 2. The molecule has 0 radical (unpaired) electrons. The van der Waals surface area contributed by atoms with Gasteiger partial charge in [-0.05, 0) is 73.7 Å². The Hall–Kier alpha value is -4.20. The average Bonchev–Trinajstić information content (AvgIpc) is 2.93. The third kappa shape index (κ3) is 5.33. The first kappa shape index (κ1) is 24.5. The number of ether oxygens (including phenoxy) is 2. The largest absolute Gasteiger partial charge is 0.494 e. The first-order valence-corrected chi connectivity index (χ1v) is 12.7. The number of carbonyl (C=O) groups excluding carboxylic acids is 1. The predicted octanol–water partition coefficient (Wildman–Crippen LogP) is 4.77. The van der Waals surface area contributed by atoms with Gasteiger partial charge in [-0.25, -0.2) is 9.67 Å². The molecule has 0 aliphatic carbocycles. The molecule has 2 aromatic carbocycles. The Bertz CT molecular complexity index is 1510. The van der Waals surface area contributed by atoms with Crippen LogP contribution in [0.1, 0.15) is 37.4 Å². The van der Waals surface area contributed by atoms with Crippen LogP contribution in [0.3, 0.4) is 0 Å². The standard InChI is InChI=1S/C29H30N4O4/c1-3-20-7-9-23-22(10-13-26(36-2)29(23)30-20)25-12-15-28(35)33(32-25)16-4-5-17-37-21-8-11-24-19(18-21)6-14-27(34)31-24/h7-13,15,18H,3-6,14,16-17H2,1-2H3,(H,31,34). The maximum absolute atomic E-state index is 12.5. The lowest BCUT2D eigenvalue weighted by Gasteiger charge is -2.17. The molecule has 1 N–H and O–H groups in total. The van der Waals surface area contributed by atoms with Gasteiger partial charge in [0.1, 0.15) is 17.0 Å². The summed E-state index contributed by atoms with van der Waals surface area (Å²) in [6.07, 6.45) is 3.59. The van der Waals surface area contributed by atoms with Gasteiger partial charge in [0.25, 0.3) is 5.56 Å². The number of amides is 1. The molecule has 0 atom stereocenters. The Kier molecular flexibility index (Phi) is 7.16. The lowest BCUT2D eigenvalue weighted by atomic mass is 10.0. The minimum atomic E-state index is -0.134. The molecule has 8 nitrogen and oxygen atoms in total. The van der Waals surface area contributed by atoms with Gasteiger partial charge in [-0.1, -0.05) is 13.0 Å². The number of fused-ring (bicyclic) bond motifs is 2. The van der Waals surface area contributed by atoms with E-state index >= 15 is 0 Å². The van der Waals surface area contributed by atoms with Crippen LogP contribution in [-0.2, 0) is 24.2 Å². The number of pyridine rings is 1. The van der Waals surface area contributed by atoms with Gasteiger partial charge in [-0.3, -0.25) is 9.59 Å². The molecular weight excluding hydrogens is 468 g/mol. The Balaban J connectivity index is 1.25. The number of carbonyl (C=O) groups is 1. The zero-order valence-electron chi connectivity index (χ0n) is 21.1. The number of nitrogens with one attached hydrogen (secondary N) is 1. The Labute approximate surface area is 215 Å². The van der Waals surface area contributed by atoms with Crippen LogP contribution in [0.25, 0.3) is 22.2 Å². The molecule has 8 heteroatoms. The van der Waals surface area contributed by atoms with Crippen molar-refractivity contribution < 1.29 is 14.3 Å². The number of rotatable bonds is 9. The maximum Gasteiger partial charge on any atom is 0.266 e. The first-order valence-electron chi connectivity index (χ1n) is 12.7. The summed E-state index contributed by atoms with van der Waals surface area (Å²) in [6, 6.07) is 17.0. The number of hydrogen-bond donors (Lipinski definition) is 1. The van der Waals surface area contributed by atoms with E-state index in [-0.39, 0.29) is 11.5 Å². The summed E-state index contributed by atoms with van der Waals surface area (Å²) in [5, 5.41) is 8.48. The van der Waals surface area contributed by atoms with Crippen LogP contribution < -0.4 is 20.3 Å². The van der Waals surface area contributed by atoms with Gasteiger partial charge >= 0.3 is 0 Å². The van der Waals surface area contributed by atoms with Crippen molar-refractivity contribution in [2.24, 2.45) is 0 Å². The van der Waals surface area contributed by atoms with Gasteiger partial charge in [0, 0.05) is 41.4 Å². The Morgan fingerprint density at radius 2 is 1.89 bits per heavy atom. The number of unbranched alkanes of at least 4 members (excludes halogenated alkanes) is 1. The van der Waals surface area contributed by atoms with Crippen molar-refractivity contribution in [3.63, 3.8) is 0 Å². The van der Waals surface area contributed by atoms with Crippen LogP contribution in [0, 0.1) is 0 Å². The van der Waals surface area contributed by atoms with E-state index < -0.39 is 0 Å². The van der Waals surface area contributed by atoms with E-state index in [2.05, 4.69) is 17.3 Å². The molecule has 1 aliphatic rings. The van der Waals surface area contributed by atoms with Gasteiger partial charge in [-0.2, -0.15) is 5.10 Å². The molecule has 1 amide bonds. The lowest BCUT2D eigenvalue weighted by molar-refractivity contribution is -0.116. The van der Waals surface area contributed by atoms with Gasteiger partial charge in [-0.15, -0.1) is 0 Å². The smallest absolute Gasteiger partial charge is 0.266 e. The molecule has 2 aromatic heterocycles. The zero-order chi connectivity index (χ0) is 25.8. The lowest BCUT2D eigenvalue weighted by Crippen LogP contribution is -2.22. The zero-order valence-corrected chi connectivity index (χ0v) is 21.1. The van der Waals surface area contributed by atoms with Crippen LogP contribution in [-0.4, -0.2) is 34.4 Å². The second-order valence-corrected chi connectivity index (χ2v) is 9.07. The monoisotopic (exact) mass is 498 g/mol. The summed E-state index contributed by atoms with van der Waals surface area (Å²) >= 11 is 0. The van der Waals surface area contributed by atoms with E-state index in [4.69, 9.17) is 14.5 Å². The molecule has 0 saturated carbocycles. The van der Waals surface area contributed by atoms with Gasteiger partial charge in [0.2, 0.25) is 5.91 Å². The van der Waals surface area contributed by atoms with Crippen molar-refractivity contribution >= 4 is 22.5 Å². The fraction of sp³-hybridized carbons (Fsp3) is 0.310. The fourth-order valence-electron chi connectivity index (χ4n) is 4.57. The van der Waals surface area contributed by atoms with Gasteiger partial charge in [0.15, 0.2) is 0 Å². The molecule has 190 valence electrons. The number of aryl methyl sites for hydroxylation is 3. The van der Waals surface area contributed by atoms with Crippen molar-refractivity contribution in [2.45, 2.75) is 45.6 Å². The van der Waals surface area contributed by atoms with Crippen molar-refractivity contribution in [3.8, 4) is 22.8 Å². The highest BCUT2D eigenvalue weighted by Crippen LogP contribution is 2.32. The number of anilines is 1. The fourth-order valence-corrected chi connectivity index (χ4v) is 4.57. The topological polar surface area (TPSA) is 95.3 Å². The van der Waals surface area contributed by atoms with E-state index in [0.717, 1.165) is 70.5 Å². The molecule has 0 unspecified atom stereocenters. The summed E-state index contributed by atoms with van der Waals surface area (Å²) in [6.45, 7) is 3.10. The normalized spacial score (nSPS) is 12.8. The van der Waals surface area contributed by atoms with Gasteiger partial charge < -0.3 is 14.8 Å². The minimum absolute atomic E-state index is 0.0524. The quantitative estimate of drug-likeness (QED) is 0.334. The van der Waals surface area contributed by atoms with Crippen molar-refractivity contribution in [1.29, 1.82) is 0 Å². The summed E-state index contributed by atoms with van der Waals surface area (Å²) < 4.78 is 13.0. The van der Waals surface area contributed by atoms with Crippen molar-refractivity contribution in [1.82, 2.24) is 14.8 Å². The second kappa shape index (κ2) is 10.8. The molecular formula is C29H30N4O4. The van der Waals surface area contributed by atoms with Crippen molar-refractivity contribution in [3.05, 3.63) is 76.2 Å². The molecule has 4 aromatic rings. The molecule has 0 fully saturated rings. The number of methoxy groups -OCH3 is 1. The molecule has 5 rings (SSSR count). The van der Waals surface area contributed by atoms with E-state index in [1.54, 1.807) is 19.2 Å². The number of hydrogen-bond acceptors (Lipinski definition) is 6. The second-order valence-electron chi connectivity index (χ2n) is 9.07.